The summed E-state index contributed by atoms with van der Waals surface area (Å²) in [5.41, 5.74) is 1.12. The number of guanidine groups is 1. The predicted molar refractivity (Wildman–Crippen MR) is 95.8 cm³/mol. The summed E-state index contributed by atoms with van der Waals surface area (Å²) in [6.07, 6.45) is 0. The molecule has 0 unspecified atom stereocenters. The van der Waals surface area contributed by atoms with Crippen LogP contribution in [0.25, 0.3) is 0 Å². The van der Waals surface area contributed by atoms with Gasteiger partial charge in [0.25, 0.3) is 0 Å². The van der Waals surface area contributed by atoms with E-state index in [-0.39, 0.29) is 24.4 Å². The average molecular weight is 376 g/mol. The molecule has 0 heterocycles. The number of benzene rings is 2. The number of hydrogen-bond donors (Lipinski definition) is 2. The third-order valence-electron chi connectivity index (χ3n) is 3.57. The number of aliphatic imine (C=N–C) groups is 1. The summed E-state index contributed by atoms with van der Waals surface area (Å²) in [6.45, 7) is -0.225. The molecule has 2 aromatic rings. The zero-order valence-electron chi connectivity index (χ0n) is 14.7. The highest BCUT2D eigenvalue weighted by atomic mass is 19.3. The molecule has 27 heavy (non-hydrogen) atoms. The molecule has 0 aliphatic heterocycles. The minimum Gasteiger partial charge on any atom is -0.434 e. The van der Waals surface area contributed by atoms with Crippen molar-refractivity contribution in [3.63, 3.8) is 0 Å². The number of nitriles is 1. The minimum atomic E-state index is -2.92. The summed E-state index contributed by atoms with van der Waals surface area (Å²) in [4.78, 5) is 4.32. The van der Waals surface area contributed by atoms with E-state index in [2.05, 4.69) is 20.4 Å². The standard InChI is InChI=1S/C19H19F3N4O/c1-2-24-19(25-11-14-8-7-13(10-23)9-16(14)20)26-12-15-5-3-4-6-17(15)27-18(21)22/h3-9,18H,2,11-12H2,1H3,(H2,24,25,26). The van der Waals surface area contributed by atoms with Crippen LogP contribution in [-0.4, -0.2) is 19.1 Å². The van der Waals surface area contributed by atoms with Gasteiger partial charge in [0.05, 0.1) is 18.2 Å². The average Bonchev–Trinajstić information content (AvgIpc) is 2.65. The third kappa shape index (κ3) is 6.22. The van der Waals surface area contributed by atoms with E-state index in [0.717, 1.165) is 0 Å². The number of hydrogen-bond acceptors (Lipinski definition) is 3. The Morgan fingerprint density at radius 1 is 1.19 bits per heavy atom. The van der Waals surface area contributed by atoms with Gasteiger partial charge in [0.1, 0.15) is 11.6 Å². The van der Waals surface area contributed by atoms with Gasteiger partial charge in [0.2, 0.25) is 0 Å². The maximum absolute atomic E-state index is 14.0. The SMILES string of the molecule is CCNC(=NCc1ccccc1OC(F)F)NCc1ccc(C#N)cc1F. The molecule has 0 amide bonds. The number of ether oxygens (including phenoxy) is 1. The van der Waals surface area contributed by atoms with Gasteiger partial charge in [-0.2, -0.15) is 14.0 Å². The number of para-hydroxylation sites is 1. The van der Waals surface area contributed by atoms with E-state index in [9.17, 15) is 13.2 Å². The lowest BCUT2D eigenvalue weighted by Gasteiger charge is -2.13. The van der Waals surface area contributed by atoms with E-state index in [1.807, 2.05) is 13.0 Å². The second kappa shape index (κ2) is 10.1. The lowest BCUT2D eigenvalue weighted by Crippen LogP contribution is -2.37. The Hall–Kier alpha value is -3.21. The molecule has 0 aliphatic carbocycles. The first-order valence-electron chi connectivity index (χ1n) is 8.27. The molecule has 0 fully saturated rings. The van der Waals surface area contributed by atoms with Gasteiger partial charge in [0.15, 0.2) is 5.96 Å². The molecule has 0 spiro atoms. The van der Waals surface area contributed by atoms with Crippen molar-refractivity contribution in [3.8, 4) is 11.8 Å². The summed E-state index contributed by atoms with van der Waals surface area (Å²) >= 11 is 0. The quantitative estimate of drug-likeness (QED) is 0.573. The van der Waals surface area contributed by atoms with Crippen molar-refractivity contribution in [1.29, 1.82) is 5.26 Å². The van der Waals surface area contributed by atoms with Gasteiger partial charge in [-0.1, -0.05) is 24.3 Å². The Bertz CT molecular complexity index is 834. The highest BCUT2D eigenvalue weighted by Crippen LogP contribution is 2.21. The first-order valence-corrected chi connectivity index (χ1v) is 8.27. The summed E-state index contributed by atoms with van der Waals surface area (Å²) in [5, 5.41) is 14.8. The van der Waals surface area contributed by atoms with Crippen LogP contribution in [0.4, 0.5) is 13.2 Å². The maximum Gasteiger partial charge on any atom is 0.387 e. The Morgan fingerprint density at radius 3 is 2.63 bits per heavy atom. The van der Waals surface area contributed by atoms with Gasteiger partial charge in [-0.25, -0.2) is 9.38 Å². The zero-order chi connectivity index (χ0) is 19.6. The first kappa shape index (κ1) is 20.1. The van der Waals surface area contributed by atoms with Gasteiger partial charge < -0.3 is 15.4 Å². The maximum atomic E-state index is 14.0. The molecule has 0 saturated heterocycles. The fourth-order valence-electron chi connectivity index (χ4n) is 2.29. The Morgan fingerprint density at radius 2 is 1.96 bits per heavy atom. The normalized spacial score (nSPS) is 11.2. The van der Waals surface area contributed by atoms with Gasteiger partial charge in [0, 0.05) is 24.2 Å². The van der Waals surface area contributed by atoms with Gasteiger partial charge in [-0.15, -0.1) is 0 Å². The lowest BCUT2D eigenvalue weighted by atomic mass is 10.1. The molecule has 5 nitrogen and oxygen atoms in total. The Kier molecular flexibility index (Phi) is 7.49. The van der Waals surface area contributed by atoms with Crippen LogP contribution >= 0.6 is 0 Å². The lowest BCUT2D eigenvalue weighted by molar-refractivity contribution is -0.0504. The largest absolute Gasteiger partial charge is 0.434 e. The fraction of sp³-hybridized carbons (Fsp3) is 0.263. The molecule has 2 aromatic carbocycles. The monoisotopic (exact) mass is 376 g/mol. The summed E-state index contributed by atoms with van der Waals surface area (Å²) in [6, 6.07) is 12.5. The molecule has 0 bridgehead atoms. The molecular formula is C19H19F3N4O. The molecular weight excluding hydrogens is 357 g/mol. The van der Waals surface area contributed by atoms with Gasteiger partial charge >= 0.3 is 6.61 Å². The number of alkyl halides is 2. The number of halogens is 3. The van der Waals surface area contributed by atoms with Crippen LogP contribution < -0.4 is 15.4 Å². The first-order chi connectivity index (χ1) is 13.0. The third-order valence-corrected chi connectivity index (χ3v) is 3.57. The summed E-state index contributed by atoms with van der Waals surface area (Å²) in [5.74, 6) is -0.0357. The van der Waals surface area contributed by atoms with Crippen molar-refractivity contribution in [1.82, 2.24) is 10.6 Å². The zero-order valence-corrected chi connectivity index (χ0v) is 14.7. The molecule has 2 N–H and O–H groups in total. The number of nitrogens with zero attached hydrogens (tertiary/aromatic N) is 2. The van der Waals surface area contributed by atoms with E-state index < -0.39 is 12.4 Å². The molecule has 0 aromatic heterocycles. The van der Waals surface area contributed by atoms with Crippen LogP contribution in [0.2, 0.25) is 0 Å². The van der Waals surface area contributed by atoms with Crippen LogP contribution in [0.3, 0.4) is 0 Å². The van der Waals surface area contributed by atoms with Crippen molar-refractivity contribution in [3.05, 3.63) is 65.0 Å². The summed E-state index contributed by atoms with van der Waals surface area (Å²) < 4.78 is 43.4. The second-order valence-electron chi connectivity index (χ2n) is 5.45. The van der Waals surface area contributed by atoms with Crippen molar-refractivity contribution in [2.24, 2.45) is 4.99 Å². The fourth-order valence-corrected chi connectivity index (χ4v) is 2.29. The second-order valence-corrected chi connectivity index (χ2v) is 5.45. The number of nitrogens with one attached hydrogen (secondary N) is 2. The molecule has 0 radical (unpaired) electrons. The van der Waals surface area contributed by atoms with Gasteiger partial charge in [-0.3, -0.25) is 0 Å². The van der Waals surface area contributed by atoms with Gasteiger partial charge in [-0.05, 0) is 25.1 Å². The Balaban J connectivity index is 2.08. The molecule has 0 atom stereocenters. The van der Waals surface area contributed by atoms with Crippen LogP contribution in [0, 0.1) is 17.1 Å². The highest BCUT2D eigenvalue weighted by molar-refractivity contribution is 5.79. The molecule has 2 rings (SSSR count). The molecule has 8 heteroatoms. The van der Waals surface area contributed by atoms with Crippen LogP contribution in [0.1, 0.15) is 23.6 Å². The highest BCUT2D eigenvalue weighted by Gasteiger charge is 2.09. The van der Waals surface area contributed by atoms with Crippen molar-refractivity contribution >= 4 is 5.96 Å². The van der Waals surface area contributed by atoms with Crippen molar-refractivity contribution in [2.45, 2.75) is 26.6 Å². The van der Waals surface area contributed by atoms with Crippen LogP contribution in [0.5, 0.6) is 5.75 Å². The van der Waals surface area contributed by atoms with Crippen LogP contribution in [-0.2, 0) is 13.1 Å². The minimum absolute atomic E-state index is 0.0604. The van der Waals surface area contributed by atoms with Crippen molar-refractivity contribution < 1.29 is 17.9 Å². The molecule has 0 saturated carbocycles. The van der Waals surface area contributed by atoms with Crippen molar-refractivity contribution in [2.75, 3.05) is 6.54 Å². The number of rotatable bonds is 7. The topological polar surface area (TPSA) is 69.4 Å². The van der Waals surface area contributed by atoms with E-state index >= 15 is 0 Å². The predicted octanol–water partition coefficient (Wildman–Crippen LogP) is 3.55. The molecule has 0 aliphatic rings. The van der Waals surface area contributed by atoms with E-state index in [1.165, 1.54) is 24.3 Å². The molecule has 142 valence electrons. The van der Waals surface area contributed by atoms with E-state index in [4.69, 9.17) is 5.26 Å². The Labute approximate surface area is 155 Å². The van der Waals surface area contributed by atoms with E-state index in [0.29, 0.717) is 23.6 Å². The van der Waals surface area contributed by atoms with E-state index in [1.54, 1.807) is 18.2 Å². The van der Waals surface area contributed by atoms with Crippen LogP contribution in [0.15, 0.2) is 47.5 Å². The smallest absolute Gasteiger partial charge is 0.387 e. The summed E-state index contributed by atoms with van der Waals surface area (Å²) in [7, 11) is 0.